The van der Waals surface area contributed by atoms with Gasteiger partial charge in [0, 0.05) is 6.07 Å². The highest BCUT2D eigenvalue weighted by atomic mass is 19.3. The maximum Gasteiger partial charge on any atom is 0.388 e. The molecule has 3 rings (SSSR count). The summed E-state index contributed by atoms with van der Waals surface area (Å²) in [6, 6.07) is 3.03. The summed E-state index contributed by atoms with van der Waals surface area (Å²) in [6.45, 7) is 4.39. The van der Waals surface area contributed by atoms with E-state index in [0.29, 0.717) is 19.8 Å². The zero-order valence-corrected chi connectivity index (χ0v) is 16.3. The highest BCUT2D eigenvalue weighted by Crippen LogP contribution is 2.21. The van der Waals surface area contributed by atoms with Gasteiger partial charge in [-0.1, -0.05) is 13.8 Å². The number of ether oxygens (including phenoxy) is 3. The lowest BCUT2D eigenvalue weighted by Gasteiger charge is -2.29. The molecule has 0 amide bonds. The van der Waals surface area contributed by atoms with Gasteiger partial charge in [0.05, 0.1) is 32.1 Å². The molecule has 1 aliphatic rings. The molecule has 1 fully saturated rings. The molecule has 2 aromatic rings. The van der Waals surface area contributed by atoms with Gasteiger partial charge in [-0.3, -0.25) is 5.10 Å². The van der Waals surface area contributed by atoms with Gasteiger partial charge in [-0.15, -0.1) is 5.10 Å². The molecular weight excluding hydrogens is 388 g/mol. The molecule has 10 nitrogen and oxygen atoms in total. The zero-order chi connectivity index (χ0) is 21.2. The first-order valence-electron chi connectivity index (χ1n) is 9.05. The van der Waals surface area contributed by atoms with Crippen molar-refractivity contribution in [3.05, 3.63) is 18.0 Å². The first kappa shape index (κ1) is 22.3. The molecular formula is C17H23F2N7O3. The van der Waals surface area contributed by atoms with Crippen LogP contribution in [-0.2, 0) is 9.47 Å². The minimum absolute atomic E-state index is 0.107. The van der Waals surface area contributed by atoms with Crippen molar-refractivity contribution in [3.63, 3.8) is 0 Å². The van der Waals surface area contributed by atoms with E-state index in [1.165, 1.54) is 12.3 Å². The summed E-state index contributed by atoms with van der Waals surface area (Å²) in [5.74, 6) is 0.535. The van der Waals surface area contributed by atoms with E-state index in [2.05, 4.69) is 35.5 Å². The maximum absolute atomic E-state index is 12.2. The van der Waals surface area contributed by atoms with Crippen molar-refractivity contribution in [1.29, 1.82) is 5.26 Å². The van der Waals surface area contributed by atoms with Crippen LogP contribution in [0.3, 0.4) is 0 Å². The summed E-state index contributed by atoms with van der Waals surface area (Å²) in [4.78, 5) is 8.34. The van der Waals surface area contributed by atoms with Gasteiger partial charge in [-0.25, -0.2) is 9.97 Å². The summed E-state index contributed by atoms with van der Waals surface area (Å²) in [5, 5.41) is 21.2. The van der Waals surface area contributed by atoms with Crippen molar-refractivity contribution in [2.75, 3.05) is 30.5 Å². The highest BCUT2D eigenvalue weighted by Gasteiger charge is 2.23. The Bertz CT molecular complexity index is 807. The monoisotopic (exact) mass is 411 g/mol. The molecule has 3 heterocycles. The minimum atomic E-state index is -2.97. The Hall–Kier alpha value is -3.04. The fourth-order valence-electron chi connectivity index (χ4n) is 2.39. The smallest absolute Gasteiger partial charge is 0.388 e. The average Bonchev–Trinajstić information content (AvgIpc) is 3.16. The van der Waals surface area contributed by atoms with Crippen LogP contribution in [0.4, 0.5) is 26.2 Å². The molecule has 12 heteroatoms. The first-order valence-corrected chi connectivity index (χ1v) is 9.05. The van der Waals surface area contributed by atoms with Crippen molar-refractivity contribution >= 4 is 17.5 Å². The fraction of sp³-hybridized carbons (Fsp3) is 0.529. The first-order chi connectivity index (χ1) is 14.0. The molecule has 0 aromatic carbocycles. The van der Waals surface area contributed by atoms with Crippen LogP contribution in [0.5, 0.6) is 5.88 Å². The van der Waals surface area contributed by atoms with Gasteiger partial charge in [-0.05, 0) is 6.92 Å². The summed E-state index contributed by atoms with van der Waals surface area (Å²) in [6.07, 6.45) is 1.15. The van der Waals surface area contributed by atoms with Gasteiger partial charge in [0.1, 0.15) is 18.0 Å². The van der Waals surface area contributed by atoms with Crippen molar-refractivity contribution in [2.24, 2.45) is 0 Å². The number of aromatic amines is 1. The zero-order valence-electron chi connectivity index (χ0n) is 16.3. The number of hydrogen-bond acceptors (Lipinski definition) is 9. The molecule has 29 heavy (non-hydrogen) atoms. The van der Waals surface area contributed by atoms with Crippen LogP contribution in [0, 0.1) is 11.3 Å². The third-order valence-corrected chi connectivity index (χ3v) is 3.67. The number of hydrogen-bond donors (Lipinski definition) is 3. The number of nitrogens with zero attached hydrogens (tertiary/aromatic N) is 4. The molecule has 1 aliphatic heterocycles. The molecule has 0 radical (unpaired) electrons. The lowest BCUT2D eigenvalue weighted by molar-refractivity contribution is -0.0925. The topological polar surface area (TPSA) is 130 Å². The minimum Gasteiger partial charge on any atom is -0.415 e. The van der Waals surface area contributed by atoms with E-state index >= 15 is 0 Å². The van der Waals surface area contributed by atoms with Gasteiger partial charge >= 0.3 is 6.61 Å². The highest BCUT2D eigenvalue weighted by molar-refractivity contribution is 5.57. The molecule has 1 saturated heterocycles. The van der Waals surface area contributed by atoms with Crippen molar-refractivity contribution < 1.29 is 23.0 Å². The summed E-state index contributed by atoms with van der Waals surface area (Å²) in [7, 11) is 0. The van der Waals surface area contributed by atoms with Gasteiger partial charge in [0.15, 0.2) is 17.3 Å². The molecule has 0 spiro atoms. The predicted octanol–water partition coefficient (Wildman–Crippen LogP) is 2.66. The molecule has 2 aromatic heterocycles. The molecule has 0 saturated carbocycles. The quantitative estimate of drug-likeness (QED) is 0.629. The second kappa shape index (κ2) is 11.1. The Kier molecular flexibility index (Phi) is 8.50. The van der Waals surface area contributed by atoms with Crippen LogP contribution in [0.25, 0.3) is 0 Å². The number of aromatic nitrogens is 4. The third kappa shape index (κ3) is 6.51. The van der Waals surface area contributed by atoms with E-state index in [1.54, 1.807) is 0 Å². The molecule has 0 bridgehead atoms. The van der Waals surface area contributed by atoms with Gasteiger partial charge in [0.25, 0.3) is 0 Å². The number of rotatable bonds is 7. The Balaban J connectivity index is 0.00000145. The molecule has 0 aliphatic carbocycles. The van der Waals surface area contributed by atoms with Crippen molar-refractivity contribution in [3.8, 4) is 11.9 Å². The lowest BCUT2D eigenvalue weighted by atomic mass is 10.2. The second-order valence-electron chi connectivity index (χ2n) is 5.60. The largest absolute Gasteiger partial charge is 0.415 e. The van der Waals surface area contributed by atoms with Gasteiger partial charge < -0.3 is 24.8 Å². The van der Waals surface area contributed by atoms with Gasteiger partial charge in [0.2, 0.25) is 5.88 Å². The standard InChI is InChI=1S/C15H17F2N7O3.C2H6/c1-8(10-7-25-2-3-26-10)20-14-9(5-18)19-6-12(22-14)21-11-4-13(24-23-11)27-15(16)17;1-2/h4,6,8,10,15H,2-3,7H2,1H3,(H3,20,21,22,23,24);1-2H3. The second-order valence-corrected chi connectivity index (χ2v) is 5.60. The van der Waals surface area contributed by atoms with Crippen LogP contribution in [0.1, 0.15) is 26.5 Å². The fourth-order valence-corrected chi connectivity index (χ4v) is 2.39. The van der Waals surface area contributed by atoms with Crippen LogP contribution in [0.15, 0.2) is 12.3 Å². The average molecular weight is 411 g/mol. The number of anilines is 3. The Morgan fingerprint density at radius 3 is 2.83 bits per heavy atom. The Labute approximate surface area is 166 Å². The van der Waals surface area contributed by atoms with Crippen LogP contribution in [0.2, 0.25) is 0 Å². The Morgan fingerprint density at radius 2 is 2.17 bits per heavy atom. The normalized spacial score (nSPS) is 16.9. The van der Waals surface area contributed by atoms with Crippen molar-refractivity contribution in [2.45, 2.75) is 39.5 Å². The van der Waals surface area contributed by atoms with E-state index in [9.17, 15) is 14.0 Å². The summed E-state index contributed by atoms with van der Waals surface area (Å²) in [5.41, 5.74) is 0.107. The Morgan fingerprint density at radius 1 is 1.38 bits per heavy atom. The summed E-state index contributed by atoms with van der Waals surface area (Å²) < 4.78 is 39.6. The van der Waals surface area contributed by atoms with E-state index in [4.69, 9.17) is 9.47 Å². The van der Waals surface area contributed by atoms with E-state index in [-0.39, 0.29) is 41.2 Å². The number of halogens is 2. The number of nitrogens with one attached hydrogen (secondary N) is 3. The third-order valence-electron chi connectivity index (χ3n) is 3.67. The van der Waals surface area contributed by atoms with Crippen LogP contribution in [-0.4, -0.2) is 58.7 Å². The number of H-pyrrole nitrogens is 1. The van der Waals surface area contributed by atoms with Crippen LogP contribution < -0.4 is 15.4 Å². The van der Waals surface area contributed by atoms with Crippen molar-refractivity contribution in [1.82, 2.24) is 20.2 Å². The molecule has 2 atom stereocenters. The number of alkyl halides is 2. The van der Waals surface area contributed by atoms with E-state index in [1.807, 2.05) is 26.8 Å². The molecule has 2 unspecified atom stereocenters. The molecule has 158 valence electrons. The summed E-state index contributed by atoms with van der Waals surface area (Å²) >= 11 is 0. The molecule has 3 N–H and O–H groups in total. The number of nitriles is 1. The van der Waals surface area contributed by atoms with Crippen LogP contribution >= 0.6 is 0 Å². The maximum atomic E-state index is 12.2. The lowest BCUT2D eigenvalue weighted by Crippen LogP contribution is -2.41. The SMILES string of the molecule is CC.CC(Nc1nc(Nc2cc(OC(F)F)n[nH]2)cnc1C#N)C1COCCO1. The van der Waals surface area contributed by atoms with Gasteiger partial charge in [-0.2, -0.15) is 14.0 Å². The predicted molar refractivity (Wildman–Crippen MR) is 100 cm³/mol. The van der Waals surface area contributed by atoms with E-state index < -0.39 is 6.61 Å². The van der Waals surface area contributed by atoms with E-state index in [0.717, 1.165) is 0 Å².